The van der Waals surface area contributed by atoms with Crippen LogP contribution in [-0.2, 0) is 14.3 Å². The van der Waals surface area contributed by atoms with Gasteiger partial charge in [-0.1, -0.05) is 0 Å². The molecule has 6 heteroatoms. The summed E-state index contributed by atoms with van der Waals surface area (Å²) in [6.45, 7) is 1.82. The van der Waals surface area contributed by atoms with Gasteiger partial charge in [0.25, 0.3) is 0 Å². The highest BCUT2D eigenvalue weighted by atomic mass is 16.5. The van der Waals surface area contributed by atoms with Crippen molar-refractivity contribution < 1.29 is 14.3 Å². The molecule has 0 aromatic heterocycles. The third-order valence-electron chi connectivity index (χ3n) is 3.45. The number of ether oxygens (including phenoxy) is 1. The molecule has 18 heavy (non-hydrogen) atoms. The number of rotatable bonds is 5. The molecule has 3 N–H and O–H groups in total. The molecule has 2 amide bonds. The lowest BCUT2D eigenvalue weighted by atomic mass is 9.79. The van der Waals surface area contributed by atoms with Gasteiger partial charge in [-0.05, 0) is 12.8 Å². The van der Waals surface area contributed by atoms with Crippen molar-refractivity contribution in [2.45, 2.75) is 19.3 Å². The van der Waals surface area contributed by atoms with E-state index in [-0.39, 0.29) is 11.8 Å². The number of hydrogen-bond acceptors (Lipinski definition) is 4. The molecule has 0 spiro atoms. The Morgan fingerprint density at radius 2 is 1.94 bits per heavy atom. The Bertz CT molecular complexity index is 299. The van der Waals surface area contributed by atoms with E-state index >= 15 is 0 Å². The Kier molecular flexibility index (Phi) is 5.55. The van der Waals surface area contributed by atoms with Gasteiger partial charge in [0.15, 0.2) is 0 Å². The van der Waals surface area contributed by atoms with Crippen LogP contribution in [-0.4, -0.2) is 57.1 Å². The molecule has 0 aliphatic carbocycles. The smallest absolute Gasteiger partial charge is 0.227 e. The Morgan fingerprint density at radius 3 is 2.44 bits per heavy atom. The summed E-state index contributed by atoms with van der Waals surface area (Å²) < 4.78 is 5.25. The zero-order valence-corrected chi connectivity index (χ0v) is 11.2. The van der Waals surface area contributed by atoms with Crippen LogP contribution in [0, 0.1) is 5.41 Å². The summed E-state index contributed by atoms with van der Waals surface area (Å²) in [6, 6.07) is 0. The molecule has 104 valence electrons. The summed E-state index contributed by atoms with van der Waals surface area (Å²) in [5.41, 5.74) is 5.21. The standard InChI is InChI=1S/C12H23N3O3/c1-15(2)10(16)3-6-14-11(17)12(9-13)4-7-18-8-5-12/h3-9,13H2,1-2H3,(H,14,17). The molecule has 1 saturated heterocycles. The van der Waals surface area contributed by atoms with E-state index in [9.17, 15) is 9.59 Å². The zero-order chi connectivity index (χ0) is 13.6. The number of amides is 2. The molecule has 0 radical (unpaired) electrons. The van der Waals surface area contributed by atoms with Gasteiger partial charge in [-0.15, -0.1) is 0 Å². The van der Waals surface area contributed by atoms with Crippen LogP contribution >= 0.6 is 0 Å². The van der Waals surface area contributed by atoms with Crippen molar-refractivity contribution in [3.05, 3.63) is 0 Å². The molecule has 0 bridgehead atoms. The molecule has 0 aromatic rings. The zero-order valence-electron chi connectivity index (χ0n) is 11.2. The van der Waals surface area contributed by atoms with Crippen molar-refractivity contribution in [1.82, 2.24) is 10.2 Å². The lowest BCUT2D eigenvalue weighted by molar-refractivity contribution is -0.136. The molecule has 1 rings (SSSR count). The predicted octanol–water partition coefficient (Wildman–Crippen LogP) is -0.664. The number of carbonyl (C=O) groups is 2. The van der Waals surface area contributed by atoms with E-state index in [0.29, 0.717) is 45.6 Å². The van der Waals surface area contributed by atoms with Crippen molar-refractivity contribution >= 4 is 11.8 Å². The summed E-state index contributed by atoms with van der Waals surface area (Å²) in [7, 11) is 3.40. The first kappa shape index (κ1) is 14.9. The lowest BCUT2D eigenvalue weighted by Crippen LogP contribution is -2.49. The molecule has 0 aromatic carbocycles. The van der Waals surface area contributed by atoms with Crippen LogP contribution < -0.4 is 11.1 Å². The number of hydrogen-bond donors (Lipinski definition) is 2. The van der Waals surface area contributed by atoms with E-state index in [0.717, 1.165) is 0 Å². The van der Waals surface area contributed by atoms with E-state index in [2.05, 4.69) is 5.32 Å². The van der Waals surface area contributed by atoms with Gasteiger partial charge in [0.2, 0.25) is 11.8 Å². The fraction of sp³-hybridized carbons (Fsp3) is 0.833. The maximum Gasteiger partial charge on any atom is 0.227 e. The summed E-state index contributed by atoms with van der Waals surface area (Å²) in [6.07, 6.45) is 1.61. The summed E-state index contributed by atoms with van der Waals surface area (Å²) >= 11 is 0. The second-order valence-electron chi connectivity index (χ2n) is 4.89. The predicted molar refractivity (Wildman–Crippen MR) is 67.9 cm³/mol. The average molecular weight is 257 g/mol. The quantitative estimate of drug-likeness (QED) is 0.684. The lowest BCUT2D eigenvalue weighted by Gasteiger charge is -2.34. The van der Waals surface area contributed by atoms with Gasteiger partial charge in [-0.25, -0.2) is 0 Å². The van der Waals surface area contributed by atoms with Gasteiger partial charge in [0.1, 0.15) is 0 Å². The molecule has 1 aliphatic heterocycles. The molecular weight excluding hydrogens is 234 g/mol. The Labute approximate surface area is 108 Å². The number of nitrogens with zero attached hydrogens (tertiary/aromatic N) is 1. The largest absolute Gasteiger partial charge is 0.381 e. The molecule has 0 saturated carbocycles. The van der Waals surface area contributed by atoms with Crippen LogP contribution in [0.15, 0.2) is 0 Å². The minimum Gasteiger partial charge on any atom is -0.381 e. The monoisotopic (exact) mass is 257 g/mol. The van der Waals surface area contributed by atoms with Gasteiger partial charge in [-0.2, -0.15) is 0 Å². The van der Waals surface area contributed by atoms with Crippen molar-refractivity contribution in [1.29, 1.82) is 0 Å². The SMILES string of the molecule is CN(C)C(=O)CCNC(=O)C1(CN)CCOCC1. The summed E-state index contributed by atoms with van der Waals surface area (Å²) in [4.78, 5) is 25.0. The Balaban J connectivity index is 2.41. The van der Waals surface area contributed by atoms with Gasteiger partial charge in [0, 0.05) is 46.8 Å². The van der Waals surface area contributed by atoms with Crippen LogP contribution in [0.1, 0.15) is 19.3 Å². The number of nitrogens with one attached hydrogen (secondary N) is 1. The molecule has 1 heterocycles. The molecule has 1 fully saturated rings. The van der Waals surface area contributed by atoms with E-state index in [1.165, 1.54) is 4.90 Å². The van der Waals surface area contributed by atoms with Gasteiger partial charge in [-0.3, -0.25) is 9.59 Å². The van der Waals surface area contributed by atoms with Crippen LogP contribution in [0.4, 0.5) is 0 Å². The van der Waals surface area contributed by atoms with Crippen LogP contribution in [0.25, 0.3) is 0 Å². The van der Waals surface area contributed by atoms with E-state index in [4.69, 9.17) is 10.5 Å². The maximum absolute atomic E-state index is 12.1. The van der Waals surface area contributed by atoms with E-state index in [1.807, 2.05) is 0 Å². The number of carbonyl (C=O) groups excluding carboxylic acids is 2. The first-order valence-electron chi connectivity index (χ1n) is 6.28. The Hall–Kier alpha value is -1.14. The van der Waals surface area contributed by atoms with Crippen LogP contribution in [0.3, 0.4) is 0 Å². The second kappa shape index (κ2) is 6.70. The first-order chi connectivity index (χ1) is 8.52. The molecule has 1 aliphatic rings. The third-order valence-corrected chi connectivity index (χ3v) is 3.45. The van der Waals surface area contributed by atoms with Gasteiger partial charge in [0.05, 0.1) is 5.41 Å². The highest BCUT2D eigenvalue weighted by Gasteiger charge is 2.38. The van der Waals surface area contributed by atoms with Crippen molar-refractivity contribution in [2.75, 3.05) is 40.4 Å². The minimum absolute atomic E-state index is 0.00377. The number of nitrogens with two attached hydrogens (primary N) is 1. The average Bonchev–Trinajstić information content (AvgIpc) is 2.39. The summed E-state index contributed by atoms with van der Waals surface area (Å²) in [5, 5.41) is 2.81. The highest BCUT2D eigenvalue weighted by molar-refractivity contribution is 5.83. The topological polar surface area (TPSA) is 84.7 Å². The highest BCUT2D eigenvalue weighted by Crippen LogP contribution is 2.29. The first-order valence-corrected chi connectivity index (χ1v) is 6.28. The normalized spacial score (nSPS) is 18.2. The van der Waals surface area contributed by atoms with Crippen molar-refractivity contribution in [3.63, 3.8) is 0 Å². The molecular formula is C12H23N3O3. The van der Waals surface area contributed by atoms with Crippen molar-refractivity contribution in [3.8, 4) is 0 Å². The third kappa shape index (κ3) is 3.68. The molecule has 6 nitrogen and oxygen atoms in total. The van der Waals surface area contributed by atoms with Crippen LogP contribution in [0.5, 0.6) is 0 Å². The summed E-state index contributed by atoms with van der Waals surface area (Å²) in [5.74, 6) is -0.0519. The second-order valence-corrected chi connectivity index (χ2v) is 4.89. The maximum atomic E-state index is 12.1. The fourth-order valence-corrected chi connectivity index (χ4v) is 1.98. The van der Waals surface area contributed by atoms with Gasteiger partial charge < -0.3 is 20.7 Å². The van der Waals surface area contributed by atoms with Crippen LogP contribution in [0.2, 0.25) is 0 Å². The molecule has 0 atom stereocenters. The van der Waals surface area contributed by atoms with E-state index in [1.54, 1.807) is 14.1 Å². The fourth-order valence-electron chi connectivity index (χ4n) is 1.98. The molecule has 0 unspecified atom stereocenters. The van der Waals surface area contributed by atoms with Crippen molar-refractivity contribution in [2.24, 2.45) is 11.1 Å². The minimum atomic E-state index is -0.514. The van der Waals surface area contributed by atoms with E-state index < -0.39 is 5.41 Å². The Morgan fingerprint density at radius 1 is 1.33 bits per heavy atom. The van der Waals surface area contributed by atoms with Gasteiger partial charge >= 0.3 is 0 Å².